The van der Waals surface area contributed by atoms with E-state index in [9.17, 15) is 9.59 Å². The lowest BCUT2D eigenvalue weighted by Crippen LogP contribution is -2.20. The van der Waals surface area contributed by atoms with Gasteiger partial charge in [0.05, 0.1) is 0 Å². The summed E-state index contributed by atoms with van der Waals surface area (Å²) in [5.74, 6) is -0.280. The van der Waals surface area contributed by atoms with Crippen molar-refractivity contribution in [2.75, 3.05) is 6.73 Å². The Morgan fingerprint density at radius 3 is 2.05 bits per heavy atom. The largest absolute Gasteiger partial charge is 0.376 e. The van der Waals surface area contributed by atoms with E-state index in [4.69, 9.17) is 5.11 Å². The van der Waals surface area contributed by atoms with E-state index in [2.05, 4.69) is 11.9 Å². The molecule has 2 aromatic carbocycles. The molecule has 2 rings (SSSR count). The second kappa shape index (κ2) is 9.26. The zero-order chi connectivity index (χ0) is 16.4. The van der Waals surface area contributed by atoms with Gasteiger partial charge in [-0.05, 0) is 13.0 Å². The van der Waals surface area contributed by atoms with Crippen LogP contribution in [0.3, 0.4) is 0 Å². The van der Waals surface area contributed by atoms with E-state index in [1.807, 2.05) is 61.5 Å². The summed E-state index contributed by atoms with van der Waals surface area (Å²) in [7, 11) is 0. The van der Waals surface area contributed by atoms with Gasteiger partial charge in [0.1, 0.15) is 6.73 Å². The Labute approximate surface area is 130 Å². The maximum atomic E-state index is 12.0. The lowest BCUT2D eigenvalue weighted by molar-refractivity contribution is -0.117. The normalized spacial score (nSPS) is 9.18. The van der Waals surface area contributed by atoms with Crippen molar-refractivity contribution in [2.45, 2.75) is 6.92 Å². The first-order valence-electron chi connectivity index (χ1n) is 6.76. The SMILES string of the molecule is C=CC(=O)NCO.Cc1ccc(C(=O)c2ccccc2)cc1. The molecule has 1 amide bonds. The Morgan fingerprint density at radius 2 is 1.59 bits per heavy atom. The fourth-order valence-electron chi connectivity index (χ4n) is 1.61. The number of amides is 1. The fourth-order valence-corrected chi connectivity index (χ4v) is 1.61. The molecule has 2 N–H and O–H groups in total. The highest BCUT2D eigenvalue weighted by Gasteiger charge is 2.06. The molecule has 0 saturated heterocycles. The molecular weight excluding hydrogens is 278 g/mol. The number of aryl methyl sites for hydroxylation is 1. The number of nitrogens with one attached hydrogen (secondary N) is 1. The summed E-state index contributed by atoms with van der Waals surface area (Å²) in [5, 5.41) is 10.1. The van der Waals surface area contributed by atoms with E-state index in [0.29, 0.717) is 0 Å². The smallest absolute Gasteiger partial charge is 0.245 e. The topological polar surface area (TPSA) is 66.4 Å². The highest BCUT2D eigenvalue weighted by atomic mass is 16.3. The summed E-state index contributed by atoms with van der Waals surface area (Å²) >= 11 is 0. The molecule has 0 heterocycles. The Morgan fingerprint density at radius 1 is 1.05 bits per heavy atom. The van der Waals surface area contributed by atoms with Crippen molar-refractivity contribution < 1.29 is 14.7 Å². The first-order valence-corrected chi connectivity index (χ1v) is 6.76. The minimum absolute atomic E-state index is 0.0793. The highest BCUT2D eigenvalue weighted by molar-refractivity contribution is 6.08. The molecule has 0 atom stereocenters. The number of aliphatic hydroxyl groups is 1. The second-order valence-corrected chi connectivity index (χ2v) is 4.46. The van der Waals surface area contributed by atoms with Crippen molar-refractivity contribution in [3.05, 3.63) is 83.9 Å². The molecule has 0 spiro atoms. The first-order chi connectivity index (χ1) is 10.6. The third-order valence-electron chi connectivity index (χ3n) is 2.79. The third-order valence-corrected chi connectivity index (χ3v) is 2.79. The minimum Gasteiger partial charge on any atom is -0.376 e. The fraction of sp³-hybridized carbons (Fsp3) is 0.111. The Kier molecular flexibility index (Phi) is 7.29. The van der Waals surface area contributed by atoms with Crippen molar-refractivity contribution in [2.24, 2.45) is 0 Å². The Balaban J connectivity index is 0.000000295. The predicted molar refractivity (Wildman–Crippen MR) is 86.5 cm³/mol. The summed E-state index contributed by atoms with van der Waals surface area (Å²) in [5.41, 5.74) is 2.65. The molecule has 4 nitrogen and oxygen atoms in total. The molecule has 2 aromatic rings. The molecule has 22 heavy (non-hydrogen) atoms. The minimum atomic E-state index is -0.359. The van der Waals surface area contributed by atoms with Crippen LogP contribution < -0.4 is 5.32 Å². The van der Waals surface area contributed by atoms with Crippen molar-refractivity contribution in [1.29, 1.82) is 0 Å². The van der Waals surface area contributed by atoms with E-state index < -0.39 is 0 Å². The van der Waals surface area contributed by atoms with Crippen LogP contribution in [-0.2, 0) is 4.79 Å². The summed E-state index contributed by atoms with van der Waals surface area (Å²) < 4.78 is 0. The van der Waals surface area contributed by atoms with Gasteiger partial charge in [-0.2, -0.15) is 0 Å². The second-order valence-electron chi connectivity index (χ2n) is 4.46. The van der Waals surface area contributed by atoms with Crippen LogP contribution in [0.4, 0.5) is 0 Å². The molecule has 0 bridgehead atoms. The summed E-state index contributed by atoms with van der Waals surface area (Å²) in [6.45, 7) is 4.84. The third kappa shape index (κ3) is 5.73. The molecule has 0 aliphatic carbocycles. The Hall–Kier alpha value is -2.72. The van der Waals surface area contributed by atoms with Gasteiger partial charge in [-0.3, -0.25) is 9.59 Å². The van der Waals surface area contributed by atoms with E-state index in [0.717, 1.165) is 17.2 Å². The lowest BCUT2D eigenvalue weighted by Gasteiger charge is -2.00. The number of aliphatic hydroxyl groups excluding tert-OH is 1. The molecule has 0 unspecified atom stereocenters. The predicted octanol–water partition coefficient (Wildman–Crippen LogP) is 2.46. The quantitative estimate of drug-likeness (QED) is 0.517. The van der Waals surface area contributed by atoms with Gasteiger partial charge in [0.15, 0.2) is 5.78 Å². The number of rotatable bonds is 4. The molecule has 4 heteroatoms. The van der Waals surface area contributed by atoms with Crippen LogP contribution in [0.25, 0.3) is 0 Å². The molecular formula is C18H19NO3. The van der Waals surface area contributed by atoms with Gasteiger partial charge in [-0.25, -0.2) is 0 Å². The zero-order valence-electron chi connectivity index (χ0n) is 12.5. The molecule has 0 aromatic heterocycles. The van der Waals surface area contributed by atoms with Crippen LogP contribution in [0.1, 0.15) is 21.5 Å². The molecule has 0 aliphatic rings. The van der Waals surface area contributed by atoms with Crippen LogP contribution in [0.2, 0.25) is 0 Å². The van der Waals surface area contributed by atoms with E-state index in [-0.39, 0.29) is 18.4 Å². The van der Waals surface area contributed by atoms with E-state index in [1.54, 1.807) is 0 Å². The van der Waals surface area contributed by atoms with Gasteiger partial charge in [-0.15, -0.1) is 0 Å². The summed E-state index contributed by atoms with van der Waals surface area (Å²) in [4.78, 5) is 22.0. The maximum Gasteiger partial charge on any atom is 0.245 e. The maximum absolute atomic E-state index is 12.0. The summed E-state index contributed by atoms with van der Waals surface area (Å²) in [6.07, 6.45) is 1.09. The summed E-state index contributed by atoms with van der Waals surface area (Å²) in [6, 6.07) is 17.0. The van der Waals surface area contributed by atoms with Gasteiger partial charge >= 0.3 is 0 Å². The highest BCUT2D eigenvalue weighted by Crippen LogP contribution is 2.10. The van der Waals surface area contributed by atoms with Gasteiger partial charge in [0.2, 0.25) is 5.91 Å². The van der Waals surface area contributed by atoms with Crippen molar-refractivity contribution in [1.82, 2.24) is 5.32 Å². The van der Waals surface area contributed by atoms with Gasteiger partial charge in [0, 0.05) is 11.1 Å². The standard InChI is InChI=1S/C14H12O.C4H7NO2/c1-11-7-9-13(10-8-11)14(15)12-5-3-2-4-6-12;1-2-4(7)5-3-6/h2-10H,1H3;2,6H,1,3H2,(H,5,7). The van der Waals surface area contributed by atoms with Crippen LogP contribution in [0.5, 0.6) is 0 Å². The number of hydrogen-bond acceptors (Lipinski definition) is 3. The van der Waals surface area contributed by atoms with Gasteiger partial charge < -0.3 is 10.4 Å². The lowest BCUT2D eigenvalue weighted by atomic mass is 10.0. The number of carbonyl (C=O) groups excluding carboxylic acids is 2. The van der Waals surface area contributed by atoms with Crippen LogP contribution >= 0.6 is 0 Å². The molecule has 0 aliphatic heterocycles. The number of hydrogen-bond donors (Lipinski definition) is 2. The van der Waals surface area contributed by atoms with Crippen LogP contribution in [0, 0.1) is 6.92 Å². The molecule has 0 fully saturated rings. The number of benzene rings is 2. The monoisotopic (exact) mass is 297 g/mol. The zero-order valence-corrected chi connectivity index (χ0v) is 12.5. The van der Waals surface area contributed by atoms with Crippen LogP contribution in [-0.4, -0.2) is 23.5 Å². The molecule has 114 valence electrons. The average Bonchev–Trinajstić information content (AvgIpc) is 2.56. The van der Waals surface area contributed by atoms with Crippen LogP contribution in [0.15, 0.2) is 67.3 Å². The Bertz CT molecular complexity index is 619. The van der Waals surface area contributed by atoms with Crippen molar-refractivity contribution in [3.8, 4) is 0 Å². The van der Waals surface area contributed by atoms with Gasteiger partial charge in [-0.1, -0.05) is 66.7 Å². The van der Waals surface area contributed by atoms with Crippen molar-refractivity contribution in [3.63, 3.8) is 0 Å². The molecule has 0 radical (unpaired) electrons. The van der Waals surface area contributed by atoms with Gasteiger partial charge in [0.25, 0.3) is 0 Å². The van der Waals surface area contributed by atoms with E-state index >= 15 is 0 Å². The average molecular weight is 297 g/mol. The number of carbonyl (C=O) groups is 2. The first kappa shape index (κ1) is 17.3. The van der Waals surface area contributed by atoms with E-state index in [1.165, 1.54) is 5.56 Å². The number of ketones is 1. The molecule has 0 saturated carbocycles. The van der Waals surface area contributed by atoms with Crippen molar-refractivity contribution >= 4 is 11.7 Å².